The number of pyridine rings is 1. The number of ether oxygens (including phenoxy) is 1. The molecule has 2 aromatic rings. The molecule has 0 spiro atoms. The highest BCUT2D eigenvalue weighted by Gasteiger charge is 2.21. The van der Waals surface area contributed by atoms with E-state index in [1.54, 1.807) is 35.5 Å². The zero-order chi connectivity index (χ0) is 17.5. The monoisotopic (exact) mass is 348 g/mol. The van der Waals surface area contributed by atoms with Crippen molar-refractivity contribution in [3.63, 3.8) is 0 Å². The Kier molecular flexibility index (Phi) is 6.58. The Morgan fingerprint density at radius 2 is 2.17 bits per heavy atom. The lowest BCUT2D eigenvalue weighted by molar-refractivity contribution is 0.0701. The zero-order valence-electron chi connectivity index (χ0n) is 13.8. The number of benzene rings is 1. The second-order valence-electron chi connectivity index (χ2n) is 5.62. The van der Waals surface area contributed by atoms with Crippen molar-refractivity contribution >= 4 is 17.5 Å². The number of rotatable bonds is 7. The summed E-state index contributed by atoms with van der Waals surface area (Å²) in [6.07, 6.45) is 3.30. The van der Waals surface area contributed by atoms with Crippen LogP contribution >= 0.6 is 11.6 Å². The van der Waals surface area contributed by atoms with Gasteiger partial charge < -0.3 is 14.7 Å². The first-order chi connectivity index (χ1) is 11.5. The molecule has 0 saturated carbocycles. The summed E-state index contributed by atoms with van der Waals surface area (Å²) >= 11 is 6.05. The van der Waals surface area contributed by atoms with Crippen LogP contribution in [-0.4, -0.2) is 40.2 Å². The highest BCUT2D eigenvalue weighted by molar-refractivity contribution is 6.31. The van der Waals surface area contributed by atoms with Crippen LogP contribution in [0.4, 0.5) is 0 Å². The molecule has 0 fully saturated rings. The third-order valence-corrected chi connectivity index (χ3v) is 3.52. The van der Waals surface area contributed by atoms with E-state index < -0.39 is 0 Å². The van der Waals surface area contributed by atoms with Gasteiger partial charge in [-0.05, 0) is 43.7 Å². The van der Waals surface area contributed by atoms with Crippen molar-refractivity contribution in [1.82, 2.24) is 9.88 Å². The Labute approximate surface area is 146 Å². The van der Waals surface area contributed by atoms with E-state index in [1.807, 2.05) is 26.0 Å². The van der Waals surface area contributed by atoms with Gasteiger partial charge in [0.1, 0.15) is 5.75 Å². The summed E-state index contributed by atoms with van der Waals surface area (Å²) in [6, 6.07) is 8.66. The van der Waals surface area contributed by atoms with Gasteiger partial charge in [0, 0.05) is 30.5 Å². The Morgan fingerprint density at radius 3 is 2.79 bits per heavy atom. The molecule has 0 radical (unpaired) electrons. The summed E-state index contributed by atoms with van der Waals surface area (Å²) in [5.74, 6) is 0.236. The number of aliphatic hydroxyl groups excluding tert-OH is 1. The van der Waals surface area contributed by atoms with Crippen LogP contribution < -0.4 is 4.74 Å². The predicted octanol–water partition coefficient (Wildman–Crippen LogP) is 3.16. The van der Waals surface area contributed by atoms with E-state index in [-0.39, 0.29) is 25.2 Å². The van der Waals surface area contributed by atoms with E-state index >= 15 is 0 Å². The molecule has 1 aromatic carbocycles. The minimum absolute atomic E-state index is 0.0673. The lowest BCUT2D eigenvalue weighted by Gasteiger charge is -2.23. The average molecular weight is 349 g/mol. The Hall–Kier alpha value is -2.11. The second-order valence-corrected chi connectivity index (χ2v) is 6.06. The predicted molar refractivity (Wildman–Crippen MR) is 93.3 cm³/mol. The SMILES string of the molecule is CC(C)Oc1ccc(Cl)cc1C(=O)N(CCO)Cc1cccnc1. The maximum Gasteiger partial charge on any atom is 0.258 e. The van der Waals surface area contributed by atoms with Gasteiger partial charge in [-0.15, -0.1) is 0 Å². The van der Waals surface area contributed by atoms with E-state index in [0.717, 1.165) is 5.56 Å². The highest BCUT2D eigenvalue weighted by atomic mass is 35.5. The minimum Gasteiger partial charge on any atom is -0.490 e. The molecule has 0 saturated heterocycles. The van der Waals surface area contributed by atoms with Crippen molar-refractivity contribution in [2.75, 3.05) is 13.2 Å². The molecule has 0 aliphatic heterocycles. The van der Waals surface area contributed by atoms with Gasteiger partial charge in [0.2, 0.25) is 0 Å². The van der Waals surface area contributed by atoms with E-state index in [1.165, 1.54) is 0 Å². The van der Waals surface area contributed by atoms with Gasteiger partial charge in [-0.1, -0.05) is 17.7 Å². The molecule has 1 heterocycles. The molecule has 0 aliphatic carbocycles. The van der Waals surface area contributed by atoms with E-state index in [4.69, 9.17) is 16.3 Å². The molecular weight excluding hydrogens is 328 g/mol. The summed E-state index contributed by atoms with van der Waals surface area (Å²) < 4.78 is 5.72. The molecule has 0 unspecified atom stereocenters. The molecule has 0 aliphatic rings. The molecule has 1 N–H and O–H groups in total. The van der Waals surface area contributed by atoms with Gasteiger partial charge in [-0.25, -0.2) is 0 Å². The maximum atomic E-state index is 12.9. The van der Waals surface area contributed by atoms with Crippen LogP contribution in [-0.2, 0) is 6.54 Å². The van der Waals surface area contributed by atoms with Crippen molar-refractivity contribution in [1.29, 1.82) is 0 Å². The summed E-state index contributed by atoms with van der Waals surface area (Å²) in [7, 11) is 0. The minimum atomic E-state index is -0.244. The summed E-state index contributed by atoms with van der Waals surface area (Å²) in [6.45, 7) is 4.21. The molecule has 1 amide bonds. The number of hydrogen-bond donors (Lipinski definition) is 1. The van der Waals surface area contributed by atoms with E-state index in [0.29, 0.717) is 22.9 Å². The quantitative estimate of drug-likeness (QED) is 0.834. The summed E-state index contributed by atoms with van der Waals surface area (Å²) in [5, 5.41) is 9.77. The topological polar surface area (TPSA) is 62.7 Å². The Morgan fingerprint density at radius 1 is 1.38 bits per heavy atom. The maximum absolute atomic E-state index is 12.9. The third-order valence-electron chi connectivity index (χ3n) is 3.29. The molecule has 5 nitrogen and oxygen atoms in total. The number of carbonyl (C=O) groups excluding carboxylic acids is 1. The fraction of sp³-hybridized carbons (Fsp3) is 0.333. The van der Waals surface area contributed by atoms with Gasteiger partial charge in [-0.2, -0.15) is 0 Å². The average Bonchev–Trinajstić information content (AvgIpc) is 2.56. The van der Waals surface area contributed by atoms with Crippen LogP contribution in [0.2, 0.25) is 5.02 Å². The molecule has 128 valence electrons. The normalized spacial score (nSPS) is 10.7. The second kappa shape index (κ2) is 8.66. The van der Waals surface area contributed by atoms with E-state index in [9.17, 15) is 9.90 Å². The van der Waals surface area contributed by atoms with Gasteiger partial charge in [0.15, 0.2) is 0 Å². The number of nitrogens with zero attached hydrogens (tertiary/aromatic N) is 2. The van der Waals surface area contributed by atoms with Crippen LogP contribution in [0, 0.1) is 0 Å². The number of amides is 1. The largest absolute Gasteiger partial charge is 0.490 e. The zero-order valence-corrected chi connectivity index (χ0v) is 14.5. The van der Waals surface area contributed by atoms with Crippen molar-refractivity contribution in [3.05, 3.63) is 58.9 Å². The number of halogens is 1. The molecule has 1 aromatic heterocycles. The number of hydrogen-bond acceptors (Lipinski definition) is 4. The van der Waals surface area contributed by atoms with Gasteiger partial charge in [-0.3, -0.25) is 9.78 Å². The fourth-order valence-corrected chi connectivity index (χ4v) is 2.45. The van der Waals surface area contributed by atoms with Gasteiger partial charge >= 0.3 is 0 Å². The molecular formula is C18H21ClN2O3. The van der Waals surface area contributed by atoms with Crippen LogP contribution in [0.15, 0.2) is 42.7 Å². The van der Waals surface area contributed by atoms with Crippen LogP contribution in [0.5, 0.6) is 5.75 Å². The van der Waals surface area contributed by atoms with E-state index in [2.05, 4.69) is 4.98 Å². The highest BCUT2D eigenvalue weighted by Crippen LogP contribution is 2.26. The Balaban J connectivity index is 2.30. The molecule has 0 atom stereocenters. The fourth-order valence-electron chi connectivity index (χ4n) is 2.28. The van der Waals surface area contributed by atoms with Crippen molar-refractivity contribution in [3.8, 4) is 5.75 Å². The van der Waals surface area contributed by atoms with Crippen molar-refractivity contribution in [2.45, 2.75) is 26.5 Å². The Bertz CT molecular complexity index is 677. The number of aromatic nitrogens is 1. The first-order valence-corrected chi connectivity index (χ1v) is 8.14. The number of aliphatic hydroxyl groups is 1. The molecule has 24 heavy (non-hydrogen) atoms. The van der Waals surface area contributed by atoms with Crippen molar-refractivity contribution < 1.29 is 14.6 Å². The third kappa shape index (κ3) is 4.94. The smallest absolute Gasteiger partial charge is 0.258 e. The standard InChI is InChI=1S/C18H21ClN2O3/c1-13(2)24-17-6-5-15(19)10-16(17)18(23)21(8-9-22)12-14-4-3-7-20-11-14/h3-7,10-11,13,22H,8-9,12H2,1-2H3. The first-order valence-electron chi connectivity index (χ1n) is 7.76. The molecule has 0 bridgehead atoms. The van der Waals surface area contributed by atoms with Gasteiger partial charge in [0.05, 0.1) is 18.3 Å². The van der Waals surface area contributed by atoms with Crippen molar-refractivity contribution in [2.24, 2.45) is 0 Å². The van der Waals surface area contributed by atoms with Gasteiger partial charge in [0.25, 0.3) is 5.91 Å². The van der Waals surface area contributed by atoms with Crippen LogP contribution in [0.1, 0.15) is 29.8 Å². The van der Waals surface area contributed by atoms with Crippen LogP contribution in [0.3, 0.4) is 0 Å². The molecule has 2 rings (SSSR count). The number of carbonyl (C=O) groups is 1. The molecule has 6 heteroatoms. The summed E-state index contributed by atoms with van der Waals surface area (Å²) in [5.41, 5.74) is 1.26. The van der Waals surface area contributed by atoms with Crippen LogP contribution in [0.25, 0.3) is 0 Å². The lowest BCUT2D eigenvalue weighted by atomic mass is 10.1. The summed E-state index contributed by atoms with van der Waals surface area (Å²) in [4.78, 5) is 18.6. The first kappa shape index (κ1) is 18.2. The lowest BCUT2D eigenvalue weighted by Crippen LogP contribution is -2.33.